The molecule has 0 aliphatic carbocycles. The molecule has 0 atom stereocenters. The second-order valence-corrected chi connectivity index (χ2v) is 24.6. The summed E-state index contributed by atoms with van der Waals surface area (Å²) in [6.07, 6.45) is 14.8. The molecule has 0 aliphatic heterocycles. The van der Waals surface area contributed by atoms with Crippen LogP contribution in [0.2, 0.25) is 5.02 Å². The van der Waals surface area contributed by atoms with Gasteiger partial charge in [-0.05, 0) is 212 Å². The first-order chi connectivity index (χ1) is 50.1. The van der Waals surface area contributed by atoms with Gasteiger partial charge in [-0.15, -0.1) is 0 Å². The number of phenols is 1. The van der Waals surface area contributed by atoms with Crippen LogP contribution in [0.5, 0.6) is 17.4 Å². The molecule has 0 radical (unpaired) electrons. The second-order valence-electron chi connectivity index (χ2n) is 21.8. The Bertz CT molecular complexity index is 6130. The number of aromatic hydroxyl groups is 1. The van der Waals surface area contributed by atoms with Gasteiger partial charge in [-0.25, -0.2) is 45.1 Å². The van der Waals surface area contributed by atoms with Crippen molar-refractivity contribution in [3.63, 3.8) is 0 Å². The number of hydrogen-bond donors (Lipinski definition) is 3. The maximum atomic E-state index is 9.79. The minimum atomic E-state index is 0. The molecule has 0 fully saturated rings. The van der Waals surface area contributed by atoms with Crippen LogP contribution >= 0.6 is 59.4 Å². The Morgan fingerprint density at radius 1 is 0.476 bits per heavy atom. The number of pyridine rings is 10. The van der Waals surface area contributed by atoms with Gasteiger partial charge in [-0.1, -0.05) is 81.1 Å². The van der Waals surface area contributed by atoms with E-state index in [1.807, 2.05) is 165 Å². The normalized spacial score (nSPS) is 10.5. The van der Waals surface area contributed by atoms with E-state index >= 15 is 0 Å². The molecule has 15 aromatic heterocycles. The Hall–Kier alpha value is -7.69. The number of H-pyrrole nitrogens is 1. The van der Waals surface area contributed by atoms with E-state index in [1.54, 1.807) is 43.8 Å². The average Bonchev–Trinajstić information content (AvgIpc) is 1.68. The van der Waals surface area contributed by atoms with Crippen LogP contribution in [-0.4, -0.2) is 79.6 Å². The largest absolute Gasteiger partial charge is 1.00 e. The standard InChI is InChI=1S/C31H19N5O.C17H12N2O.C14H8BrN3.C9H7BrN2.C5H3BrClN.CH2F.CH2O3.2CH4.2Cs/c1-2-9-25-21(7-1)22-13-12-20(19-27(22)36(25)28-11-3-4-16-32-28)37-29-15-14-23-24-8-5-17-33-31(24)35-18-6-10-26(35)30(23)34-29;20-12-8-9-14-13-5-1-2-6-15(13)19(16(14)11-12)17-7-3-4-10-18-17;15-12-6-5-9-10-3-1-7-16-14(10)18-8-2-4-11(18)13(9)17-12;10-9-5-1-3-8(12-9)7-4-2-6-11-7;6-5-4(7)2-1-3-8-5;1-2;2-1-4-3;;;;/h1-19H;1-11,20H;1-8H;1-6,11H;1-3H;1H2;1,3H;2*1H4;;/q;;;;;-1;;;;2*+1/i/hD. The number of ether oxygens (including phenoxy) is 1. The number of para-hydroxylation sites is 2. The minimum Gasteiger partial charge on any atom is -0.508 e. The molecule has 0 spiro atoms. The minimum absolute atomic E-state index is 0. The Labute approximate surface area is 751 Å². The number of benzene rings is 4. The Balaban J connectivity index is 0.000000161. The van der Waals surface area contributed by atoms with Gasteiger partial charge in [0.2, 0.25) is 5.88 Å². The monoisotopic (exact) mass is 1840 g/mol. The van der Waals surface area contributed by atoms with E-state index in [0.717, 1.165) is 125 Å². The van der Waals surface area contributed by atoms with Gasteiger partial charge in [0.25, 0.3) is 1.43 Å². The molecule has 512 valence electrons. The van der Waals surface area contributed by atoms with Crippen LogP contribution in [0.3, 0.4) is 0 Å². The predicted molar refractivity (Wildman–Crippen MR) is 421 cm³/mol. The summed E-state index contributed by atoms with van der Waals surface area (Å²) in [5, 5.41) is 22.5. The molecule has 0 unspecified atom stereocenters. The smallest absolute Gasteiger partial charge is 0.508 e. The van der Waals surface area contributed by atoms with E-state index in [9.17, 15) is 9.50 Å². The summed E-state index contributed by atoms with van der Waals surface area (Å²) in [4.78, 5) is 51.2. The zero-order valence-electron chi connectivity index (χ0n) is 55.8. The maximum Gasteiger partial charge on any atom is 1.00 e. The Morgan fingerprint density at radius 2 is 0.981 bits per heavy atom. The zero-order valence-corrected chi connectivity index (χ0v) is 72.8. The number of nitrogens with one attached hydrogen (secondary N) is 1. The molecule has 18 nitrogen and oxygen atoms in total. The van der Waals surface area contributed by atoms with Crippen molar-refractivity contribution in [3.05, 3.63) is 312 Å². The van der Waals surface area contributed by atoms with Gasteiger partial charge in [0.05, 0.1) is 60.5 Å². The summed E-state index contributed by atoms with van der Waals surface area (Å²) in [6, 6.07) is 77.6. The number of carbonyl (C=O) groups excluding carboxylic acids is 1. The van der Waals surface area contributed by atoms with Gasteiger partial charge >= 0.3 is 144 Å². The first-order valence-corrected chi connectivity index (χ1v) is 33.6. The number of aromatic amines is 1. The Morgan fingerprint density at radius 3 is 1.51 bits per heavy atom. The summed E-state index contributed by atoms with van der Waals surface area (Å²) < 4.78 is 32.1. The van der Waals surface area contributed by atoms with Gasteiger partial charge in [-0.2, -0.15) is 7.18 Å². The summed E-state index contributed by atoms with van der Waals surface area (Å²) in [5.74, 6) is 3.24. The van der Waals surface area contributed by atoms with Crippen molar-refractivity contribution in [1.82, 2.24) is 62.8 Å². The molecule has 4 aromatic carbocycles. The molecule has 0 saturated heterocycles. The van der Waals surface area contributed by atoms with Crippen LogP contribution < -0.4 is 143 Å². The Kier molecular flexibility index (Phi) is 29.5. The van der Waals surface area contributed by atoms with Crippen LogP contribution in [0, 0.1) is 7.18 Å². The van der Waals surface area contributed by atoms with Gasteiger partial charge in [0.15, 0.2) is 0 Å². The number of aromatic nitrogens is 13. The van der Waals surface area contributed by atoms with Crippen LogP contribution in [0.15, 0.2) is 300 Å². The van der Waals surface area contributed by atoms with Crippen LogP contribution in [-0.2, 0) is 9.68 Å². The number of nitrogens with zero attached hydrogens (tertiary/aromatic N) is 12. The van der Waals surface area contributed by atoms with Crippen molar-refractivity contribution in [3.8, 4) is 40.4 Å². The van der Waals surface area contributed by atoms with Crippen LogP contribution in [0.1, 0.15) is 14.9 Å². The summed E-state index contributed by atoms with van der Waals surface area (Å²) in [5.41, 5.74) is 12.0. The van der Waals surface area contributed by atoms with E-state index in [0.29, 0.717) is 21.3 Å². The van der Waals surface area contributed by atoms with Crippen LogP contribution in [0.25, 0.3) is 123 Å². The molecular formula is C80H61Br3ClCs2FN13O5+. The molecular weight excluding hydrogens is 1780 g/mol. The van der Waals surface area contributed by atoms with E-state index in [-0.39, 0.29) is 165 Å². The van der Waals surface area contributed by atoms with E-state index in [1.165, 1.54) is 5.39 Å². The van der Waals surface area contributed by atoms with Gasteiger partial charge in [0.1, 0.15) is 48.2 Å². The summed E-state index contributed by atoms with van der Waals surface area (Å²) in [6.45, 7) is 0.0208. The number of phenolic OH excluding ortho intramolecular Hbond substituents is 1. The van der Waals surface area contributed by atoms with E-state index in [2.05, 4.69) is 201 Å². The van der Waals surface area contributed by atoms with Crippen molar-refractivity contribution in [2.24, 2.45) is 0 Å². The first kappa shape index (κ1) is 79.9. The quantitative estimate of drug-likeness (QED) is 0.0339. The first-order valence-electron chi connectivity index (χ1n) is 31.2. The fourth-order valence-electron chi connectivity index (χ4n) is 11.8. The molecule has 0 aliphatic rings. The molecule has 0 bridgehead atoms. The molecule has 3 N–H and O–H groups in total. The second kappa shape index (κ2) is 38.7. The molecule has 15 heterocycles. The molecule has 105 heavy (non-hydrogen) atoms. The van der Waals surface area contributed by atoms with Gasteiger partial charge in [-0.3, -0.25) is 22.7 Å². The molecule has 19 rings (SSSR count). The van der Waals surface area contributed by atoms with Crippen molar-refractivity contribution in [1.29, 1.82) is 1.43 Å². The third-order valence-corrected chi connectivity index (χ3v) is 18.0. The summed E-state index contributed by atoms with van der Waals surface area (Å²) in [7, 11) is 1.75. The number of fused-ring (bicyclic) bond motifs is 18. The fraction of sp³-hybridized carbons (Fsp3) is 0.0250. The zero-order chi connectivity index (χ0) is 70.5. The molecule has 25 heteroatoms. The van der Waals surface area contributed by atoms with Gasteiger partial charge in [0, 0.05) is 111 Å². The topological polar surface area (TPSA) is 214 Å². The number of rotatable bonds is 7. The van der Waals surface area contributed by atoms with Crippen LogP contribution in [0.4, 0.5) is 4.39 Å². The van der Waals surface area contributed by atoms with Crippen molar-refractivity contribution in [2.75, 3.05) is 0 Å². The van der Waals surface area contributed by atoms with Gasteiger partial charge < -0.3 is 24.1 Å². The molecule has 19 aromatic rings. The van der Waals surface area contributed by atoms with Crippen molar-refractivity contribution in [2.45, 2.75) is 14.9 Å². The fourth-order valence-corrected chi connectivity index (χ4v) is 12.9. The number of halogens is 5. The predicted octanol–water partition coefficient (Wildman–Crippen LogP) is 16.0. The number of carbonyl (C=O) groups is 1. The summed E-state index contributed by atoms with van der Waals surface area (Å²) >= 11 is 15.5. The SMILES string of the molecule is Brc1ccc2c3cccnc3n3cccc3c2n1.Brc1cccc(-c2ccc[nH]2)n1.C.C.Clc1cccnc1Br.Oc1ccc2c3ccccc3n(-c3ccccn3)c2c1.[2H]OOC=O.[CH2-]F.[Cs+].[Cs+].c1ccc(-n2c3ccccc3c3ccc(Oc4ccc5c6cccnc6n6cccc6c5n4)cc32)nc1. The van der Waals surface area contributed by atoms with Crippen molar-refractivity contribution >= 4 is 164 Å². The van der Waals surface area contributed by atoms with E-state index in [4.69, 9.17) is 27.5 Å². The van der Waals surface area contributed by atoms with E-state index < -0.39 is 0 Å². The number of hydrogen-bond acceptors (Lipinski definition) is 13. The van der Waals surface area contributed by atoms with Crippen molar-refractivity contribution < 1.29 is 167 Å². The third-order valence-electron chi connectivity index (χ3n) is 15.9. The molecule has 0 saturated carbocycles. The molecule has 0 amide bonds. The third kappa shape index (κ3) is 18.1. The maximum absolute atomic E-state index is 9.79. The average molecular weight is 1850 g/mol.